The van der Waals surface area contributed by atoms with E-state index in [0.29, 0.717) is 29.6 Å². The lowest BCUT2D eigenvalue weighted by atomic mass is 10.0. The lowest BCUT2D eigenvalue weighted by molar-refractivity contribution is 0.0605. The minimum absolute atomic E-state index is 0.0269. The molecule has 1 aromatic carbocycles. The van der Waals surface area contributed by atoms with E-state index in [1.807, 2.05) is 34.5 Å². The van der Waals surface area contributed by atoms with Crippen molar-refractivity contribution in [3.63, 3.8) is 0 Å². The van der Waals surface area contributed by atoms with Gasteiger partial charge in [-0.1, -0.05) is 6.07 Å². The molecule has 3 aromatic rings. The highest BCUT2D eigenvalue weighted by atomic mass is 32.1. The van der Waals surface area contributed by atoms with Gasteiger partial charge in [0.05, 0.1) is 30.8 Å². The number of methoxy groups -OCH3 is 2. The zero-order valence-corrected chi connectivity index (χ0v) is 16.6. The Balaban J connectivity index is 1.63. The van der Waals surface area contributed by atoms with Gasteiger partial charge in [-0.15, -0.1) is 26.3 Å². The van der Waals surface area contributed by atoms with Gasteiger partial charge in [-0.05, 0) is 35.9 Å². The Kier molecular flexibility index (Phi) is 5.25. The van der Waals surface area contributed by atoms with Crippen molar-refractivity contribution < 1.29 is 14.3 Å². The highest BCUT2D eigenvalue weighted by Crippen LogP contribution is 2.31. The lowest BCUT2D eigenvalue weighted by Crippen LogP contribution is -2.38. The summed E-state index contributed by atoms with van der Waals surface area (Å²) in [5, 5.41) is 14.9. The number of piperidine rings is 1. The molecule has 9 heteroatoms. The molecular formula is C19H21N5O3S. The van der Waals surface area contributed by atoms with Crippen LogP contribution in [0.2, 0.25) is 0 Å². The quantitative estimate of drug-likeness (QED) is 0.656. The summed E-state index contributed by atoms with van der Waals surface area (Å²) in [6.45, 7) is 0.697. The number of benzene rings is 1. The fourth-order valence-electron chi connectivity index (χ4n) is 3.36. The molecule has 8 nitrogen and oxygen atoms in total. The second kappa shape index (κ2) is 7.97. The number of aromatic nitrogens is 4. The van der Waals surface area contributed by atoms with Gasteiger partial charge in [0.1, 0.15) is 11.5 Å². The Morgan fingerprint density at radius 3 is 2.64 bits per heavy atom. The van der Waals surface area contributed by atoms with Crippen molar-refractivity contribution in [2.75, 3.05) is 20.8 Å². The Morgan fingerprint density at radius 2 is 1.96 bits per heavy atom. The van der Waals surface area contributed by atoms with E-state index < -0.39 is 0 Å². The summed E-state index contributed by atoms with van der Waals surface area (Å²) in [5.74, 6) is 1.85. The summed E-state index contributed by atoms with van der Waals surface area (Å²) in [4.78, 5) is 17.0. The van der Waals surface area contributed by atoms with Crippen LogP contribution in [0.3, 0.4) is 0 Å². The second-order valence-electron chi connectivity index (χ2n) is 6.50. The highest BCUT2D eigenvalue weighted by Gasteiger charge is 2.32. The number of rotatable bonds is 5. The van der Waals surface area contributed by atoms with E-state index in [0.717, 1.165) is 24.1 Å². The Labute approximate surface area is 166 Å². The third-order valence-electron chi connectivity index (χ3n) is 4.79. The summed E-state index contributed by atoms with van der Waals surface area (Å²) < 4.78 is 10.6. The monoisotopic (exact) mass is 399 g/mol. The van der Waals surface area contributed by atoms with Crippen molar-refractivity contribution in [3.8, 4) is 17.2 Å². The largest absolute Gasteiger partial charge is 0.497 e. The van der Waals surface area contributed by atoms with Crippen LogP contribution in [0.1, 0.15) is 40.8 Å². The van der Waals surface area contributed by atoms with Gasteiger partial charge in [0.2, 0.25) is 0 Å². The molecular weight excluding hydrogens is 378 g/mol. The van der Waals surface area contributed by atoms with Crippen LogP contribution in [0, 0.1) is 0 Å². The molecule has 0 bridgehead atoms. The molecule has 1 fully saturated rings. The van der Waals surface area contributed by atoms with Gasteiger partial charge in [-0.25, -0.2) is 0 Å². The number of carbonyl (C=O) groups is 1. The lowest BCUT2D eigenvalue weighted by Gasteiger charge is -2.33. The molecule has 4 rings (SSSR count). The standard InChI is InChI=1S/C19H21N5O3S/c1-26-14-10-13(11-15(12-14)27-2)24-21-18(20-22-24)16-6-3-4-8-23(16)19(25)17-7-5-9-28-17/h5,7,9-12,16H,3-4,6,8H2,1-2H3. The maximum Gasteiger partial charge on any atom is 0.264 e. The Hall–Kier alpha value is -2.94. The number of ether oxygens (including phenoxy) is 2. The van der Waals surface area contributed by atoms with Crippen molar-refractivity contribution >= 4 is 17.2 Å². The molecule has 28 heavy (non-hydrogen) atoms. The van der Waals surface area contributed by atoms with Crippen molar-refractivity contribution in [2.45, 2.75) is 25.3 Å². The van der Waals surface area contributed by atoms with E-state index in [1.165, 1.54) is 16.1 Å². The van der Waals surface area contributed by atoms with Gasteiger partial charge < -0.3 is 14.4 Å². The van der Waals surface area contributed by atoms with Gasteiger partial charge >= 0.3 is 0 Å². The number of hydrogen-bond acceptors (Lipinski definition) is 7. The van der Waals surface area contributed by atoms with Crippen molar-refractivity contribution in [1.82, 2.24) is 25.1 Å². The molecule has 0 spiro atoms. The molecule has 0 aliphatic carbocycles. The van der Waals surface area contributed by atoms with Gasteiger partial charge in [0.15, 0.2) is 5.82 Å². The first-order valence-electron chi connectivity index (χ1n) is 9.07. The molecule has 1 saturated heterocycles. The normalized spacial score (nSPS) is 16.8. The van der Waals surface area contributed by atoms with Crippen LogP contribution in [0.4, 0.5) is 0 Å². The van der Waals surface area contributed by atoms with Crippen LogP contribution < -0.4 is 9.47 Å². The van der Waals surface area contributed by atoms with Crippen LogP contribution in [0.5, 0.6) is 11.5 Å². The smallest absolute Gasteiger partial charge is 0.264 e. The topological polar surface area (TPSA) is 82.4 Å². The molecule has 0 radical (unpaired) electrons. The maximum atomic E-state index is 12.9. The first-order chi connectivity index (χ1) is 13.7. The third kappa shape index (κ3) is 3.57. The zero-order valence-electron chi connectivity index (χ0n) is 15.7. The summed E-state index contributed by atoms with van der Waals surface area (Å²) in [6.07, 6.45) is 2.83. The fourth-order valence-corrected chi connectivity index (χ4v) is 4.04. The summed E-state index contributed by atoms with van der Waals surface area (Å²) in [6, 6.07) is 8.97. The van der Waals surface area contributed by atoms with E-state index in [-0.39, 0.29) is 11.9 Å². The predicted molar refractivity (Wildman–Crippen MR) is 104 cm³/mol. The van der Waals surface area contributed by atoms with Gasteiger partial charge in [0, 0.05) is 24.7 Å². The average molecular weight is 399 g/mol. The van der Waals surface area contributed by atoms with Crippen LogP contribution in [0.25, 0.3) is 5.69 Å². The van der Waals surface area contributed by atoms with Crippen molar-refractivity contribution in [3.05, 3.63) is 46.4 Å². The average Bonchev–Trinajstić information content (AvgIpc) is 3.45. The van der Waals surface area contributed by atoms with E-state index in [9.17, 15) is 4.79 Å². The summed E-state index contributed by atoms with van der Waals surface area (Å²) >= 11 is 1.45. The third-order valence-corrected chi connectivity index (χ3v) is 5.65. The number of thiophene rings is 1. The second-order valence-corrected chi connectivity index (χ2v) is 7.44. The van der Waals surface area contributed by atoms with Gasteiger partial charge in [-0.2, -0.15) is 0 Å². The fraction of sp³-hybridized carbons (Fsp3) is 0.368. The minimum Gasteiger partial charge on any atom is -0.497 e. The Bertz CT molecular complexity index is 934. The molecule has 0 N–H and O–H groups in total. The molecule has 1 amide bonds. The number of nitrogens with zero attached hydrogens (tertiary/aromatic N) is 5. The van der Waals surface area contributed by atoms with Gasteiger partial charge in [0.25, 0.3) is 5.91 Å². The zero-order chi connectivity index (χ0) is 19.5. The maximum absolute atomic E-state index is 12.9. The molecule has 1 unspecified atom stereocenters. The predicted octanol–water partition coefficient (Wildman–Crippen LogP) is 3.11. The summed E-state index contributed by atoms with van der Waals surface area (Å²) in [5.41, 5.74) is 0.682. The molecule has 146 valence electrons. The Morgan fingerprint density at radius 1 is 1.18 bits per heavy atom. The first kappa shape index (κ1) is 18.4. The van der Waals surface area contributed by atoms with E-state index >= 15 is 0 Å². The summed E-state index contributed by atoms with van der Waals surface area (Å²) in [7, 11) is 3.18. The van der Waals surface area contributed by atoms with Crippen LogP contribution >= 0.6 is 11.3 Å². The van der Waals surface area contributed by atoms with Crippen molar-refractivity contribution in [1.29, 1.82) is 0 Å². The van der Waals surface area contributed by atoms with Crippen molar-refractivity contribution in [2.24, 2.45) is 0 Å². The van der Waals surface area contributed by atoms with E-state index in [2.05, 4.69) is 15.4 Å². The molecule has 0 saturated carbocycles. The number of likely N-dealkylation sites (tertiary alicyclic amines) is 1. The number of hydrogen-bond donors (Lipinski definition) is 0. The van der Waals surface area contributed by atoms with E-state index in [4.69, 9.17) is 9.47 Å². The van der Waals surface area contributed by atoms with Crippen LogP contribution in [-0.2, 0) is 0 Å². The van der Waals surface area contributed by atoms with Gasteiger partial charge in [-0.3, -0.25) is 4.79 Å². The minimum atomic E-state index is -0.176. The molecule has 3 heterocycles. The van der Waals surface area contributed by atoms with Crippen LogP contribution in [0.15, 0.2) is 35.7 Å². The molecule has 1 atom stereocenters. The number of tetrazole rings is 1. The first-order valence-corrected chi connectivity index (χ1v) is 9.95. The SMILES string of the molecule is COc1cc(OC)cc(-n2nnc(C3CCCCN3C(=O)c3cccs3)n2)c1. The highest BCUT2D eigenvalue weighted by molar-refractivity contribution is 7.12. The number of amides is 1. The van der Waals surface area contributed by atoms with Crippen LogP contribution in [-0.4, -0.2) is 51.8 Å². The molecule has 1 aliphatic rings. The molecule has 1 aliphatic heterocycles. The van der Waals surface area contributed by atoms with E-state index in [1.54, 1.807) is 20.3 Å². The molecule has 2 aromatic heterocycles. The number of carbonyl (C=O) groups excluding carboxylic acids is 1.